The molecule has 1 heterocycles. The molecule has 0 radical (unpaired) electrons. The zero-order valence-electron chi connectivity index (χ0n) is 8.42. The first-order chi connectivity index (χ1) is 6.38. The lowest BCUT2D eigenvalue weighted by Gasteiger charge is -2.02. The van der Waals surface area contributed by atoms with Crippen molar-refractivity contribution in [2.75, 3.05) is 0 Å². The molecule has 1 rings (SSSR count). The largest absolute Gasteiger partial charge is 0.478 e. The monoisotopic (exact) mass is 224 g/mol. The van der Waals surface area contributed by atoms with Crippen molar-refractivity contribution in [2.24, 2.45) is 0 Å². The number of hydrogen-bond acceptors (Lipinski definition) is 2. The van der Waals surface area contributed by atoms with Gasteiger partial charge in [-0.3, -0.25) is 0 Å². The van der Waals surface area contributed by atoms with Crippen molar-refractivity contribution in [2.45, 2.75) is 19.6 Å². The van der Waals surface area contributed by atoms with Gasteiger partial charge < -0.3 is 5.11 Å². The van der Waals surface area contributed by atoms with Gasteiger partial charge in [-0.15, -0.1) is 16.9 Å². The second kappa shape index (κ2) is 3.99. The fourth-order valence-electron chi connectivity index (χ4n) is 0.763. The molecular weight excluding hydrogens is 212 g/mol. The number of aromatic carboxylic acids is 1. The zero-order chi connectivity index (χ0) is 10.8. The van der Waals surface area contributed by atoms with Crippen LogP contribution < -0.4 is 0 Å². The summed E-state index contributed by atoms with van der Waals surface area (Å²) in [5, 5.41) is 10.3. The minimum Gasteiger partial charge on any atom is -0.478 e. The van der Waals surface area contributed by atoms with Crippen LogP contribution in [0.15, 0.2) is 11.4 Å². The molecule has 4 heteroatoms. The first-order valence-corrected chi connectivity index (χ1v) is 8.61. The van der Waals surface area contributed by atoms with Crippen LogP contribution in [0.5, 0.6) is 0 Å². The topological polar surface area (TPSA) is 37.3 Å². The molecule has 1 aromatic rings. The molecule has 0 fully saturated rings. The smallest absolute Gasteiger partial charge is 0.336 e. The minimum atomic E-state index is -1.36. The summed E-state index contributed by atoms with van der Waals surface area (Å²) in [6.07, 6.45) is 0. The van der Waals surface area contributed by atoms with Gasteiger partial charge in [-0.2, -0.15) is 0 Å². The third kappa shape index (κ3) is 3.36. The number of hydrogen-bond donors (Lipinski definition) is 1. The summed E-state index contributed by atoms with van der Waals surface area (Å²) < 4.78 is 0. The molecule has 0 saturated carbocycles. The van der Waals surface area contributed by atoms with Crippen LogP contribution in [0.4, 0.5) is 0 Å². The SMILES string of the molecule is C[Si](C)(C)C#Cc1cc(C(=O)O)cs1. The van der Waals surface area contributed by atoms with Crippen LogP contribution in [0.1, 0.15) is 15.2 Å². The molecule has 74 valence electrons. The molecule has 0 unspecified atom stereocenters. The summed E-state index contributed by atoms with van der Waals surface area (Å²) >= 11 is 1.39. The van der Waals surface area contributed by atoms with E-state index in [2.05, 4.69) is 31.1 Å². The van der Waals surface area contributed by atoms with Crippen molar-refractivity contribution < 1.29 is 9.90 Å². The van der Waals surface area contributed by atoms with E-state index in [0.717, 1.165) is 4.88 Å². The van der Waals surface area contributed by atoms with E-state index < -0.39 is 14.0 Å². The minimum absolute atomic E-state index is 0.329. The highest BCUT2D eigenvalue weighted by Crippen LogP contribution is 2.13. The average Bonchev–Trinajstić information content (AvgIpc) is 2.47. The fraction of sp³-hybridized carbons (Fsp3) is 0.300. The third-order valence-corrected chi connectivity index (χ3v) is 3.13. The Labute approximate surface area is 88.6 Å². The molecule has 1 aromatic heterocycles. The Morgan fingerprint density at radius 1 is 1.50 bits per heavy atom. The highest BCUT2D eigenvalue weighted by Gasteiger charge is 2.08. The molecule has 0 aliphatic carbocycles. The predicted octanol–water partition coefficient (Wildman–Crippen LogP) is 2.68. The average molecular weight is 224 g/mol. The first kappa shape index (κ1) is 11.0. The molecule has 14 heavy (non-hydrogen) atoms. The van der Waals surface area contributed by atoms with Crippen molar-refractivity contribution in [1.29, 1.82) is 0 Å². The van der Waals surface area contributed by atoms with E-state index in [4.69, 9.17) is 5.11 Å². The van der Waals surface area contributed by atoms with Gasteiger partial charge in [0.2, 0.25) is 0 Å². The molecule has 0 saturated heterocycles. The lowest BCUT2D eigenvalue weighted by Crippen LogP contribution is -2.16. The van der Waals surface area contributed by atoms with Crippen LogP contribution in [-0.2, 0) is 0 Å². The van der Waals surface area contributed by atoms with Crippen molar-refractivity contribution in [3.63, 3.8) is 0 Å². The van der Waals surface area contributed by atoms with E-state index in [0.29, 0.717) is 5.56 Å². The van der Waals surface area contributed by atoms with Gasteiger partial charge in [0, 0.05) is 5.38 Å². The molecular formula is C10H12O2SSi. The van der Waals surface area contributed by atoms with Crippen molar-refractivity contribution in [3.8, 4) is 11.5 Å². The standard InChI is InChI=1S/C10H12O2SSi/c1-14(2,3)5-4-9-6-8(7-13-9)10(11)12/h6-7H,1-3H3,(H,11,12). The van der Waals surface area contributed by atoms with E-state index in [1.807, 2.05) is 0 Å². The normalized spacial score (nSPS) is 10.5. The van der Waals surface area contributed by atoms with Gasteiger partial charge >= 0.3 is 5.97 Å². The van der Waals surface area contributed by atoms with Crippen molar-refractivity contribution in [1.82, 2.24) is 0 Å². The van der Waals surface area contributed by atoms with Gasteiger partial charge in [0.25, 0.3) is 0 Å². The summed E-state index contributed by atoms with van der Waals surface area (Å²) in [7, 11) is -1.36. The molecule has 0 bridgehead atoms. The number of carbonyl (C=O) groups is 1. The van der Waals surface area contributed by atoms with Crippen LogP contribution >= 0.6 is 11.3 Å². The number of carboxylic acid groups (broad SMARTS) is 1. The van der Waals surface area contributed by atoms with Gasteiger partial charge in [0.1, 0.15) is 8.07 Å². The number of carboxylic acids is 1. The van der Waals surface area contributed by atoms with Crippen LogP contribution in [0.3, 0.4) is 0 Å². The van der Waals surface area contributed by atoms with Crippen molar-refractivity contribution in [3.05, 3.63) is 21.9 Å². The van der Waals surface area contributed by atoms with E-state index >= 15 is 0 Å². The Hall–Kier alpha value is -1.05. The fourth-order valence-corrected chi connectivity index (χ4v) is 2.09. The number of thiophene rings is 1. The summed E-state index contributed by atoms with van der Waals surface area (Å²) in [5.41, 5.74) is 3.53. The second-order valence-corrected chi connectivity index (χ2v) is 9.67. The molecule has 0 aliphatic heterocycles. The Morgan fingerprint density at radius 3 is 2.57 bits per heavy atom. The van der Waals surface area contributed by atoms with Crippen LogP contribution in [0.25, 0.3) is 0 Å². The molecule has 0 spiro atoms. The number of rotatable bonds is 1. The maximum absolute atomic E-state index is 10.6. The Morgan fingerprint density at radius 2 is 2.14 bits per heavy atom. The Kier molecular flexibility index (Phi) is 3.14. The lowest BCUT2D eigenvalue weighted by atomic mass is 10.3. The van der Waals surface area contributed by atoms with Crippen LogP contribution in [-0.4, -0.2) is 19.1 Å². The molecule has 0 amide bonds. The summed E-state index contributed by atoms with van der Waals surface area (Å²) in [6.45, 7) is 6.48. The van der Waals surface area contributed by atoms with Gasteiger partial charge in [0.05, 0.1) is 10.4 Å². The van der Waals surface area contributed by atoms with Gasteiger partial charge in [-0.1, -0.05) is 25.6 Å². The second-order valence-electron chi connectivity index (χ2n) is 4.00. The summed E-state index contributed by atoms with van der Waals surface area (Å²) in [4.78, 5) is 11.4. The molecule has 0 aromatic carbocycles. The van der Waals surface area contributed by atoms with Gasteiger partial charge in [-0.05, 0) is 6.07 Å². The molecule has 0 atom stereocenters. The summed E-state index contributed by atoms with van der Waals surface area (Å²) in [6, 6.07) is 1.63. The quantitative estimate of drug-likeness (QED) is 0.588. The Balaban J connectivity index is 2.87. The molecule has 2 nitrogen and oxygen atoms in total. The maximum atomic E-state index is 10.6. The van der Waals surface area contributed by atoms with E-state index in [1.54, 1.807) is 11.4 Å². The highest BCUT2D eigenvalue weighted by atomic mass is 32.1. The van der Waals surface area contributed by atoms with Gasteiger partial charge in [-0.25, -0.2) is 4.79 Å². The van der Waals surface area contributed by atoms with Crippen LogP contribution in [0.2, 0.25) is 19.6 Å². The molecule has 0 aliphatic rings. The van der Waals surface area contributed by atoms with E-state index in [1.165, 1.54) is 11.3 Å². The highest BCUT2D eigenvalue weighted by molar-refractivity contribution is 7.10. The maximum Gasteiger partial charge on any atom is 0.336 e. The summed E-state index contributed by atoms with van der Waals surface area (Å²) in [5.74, 6) is 2.14. The van der Waals surface area contributed by atoms with E-state index in [9.17, 15) is 4.79 Å². The lowest BCUT2D eigenvalue weighted by molar-refractivity contribution is 0.0697. The van der Waals surface area contributed by atoms with Crippen molar-refractivity contribution >= 4 is 25.4 Å². The zero-order valence-corrected chi connectivity index (χ0v) is 10.2. The van der Waals surface area contributed by atoms with E-state index in [-0.39, 0.29) is 0 Å². The Bertz CT molecular complexity index is 404. The van der Waals surface area contributed by atoms with Gasteiger partial charge in [0.15, 0.2) is 0 Å². The van der Waals surface area contributed by atoms with Crippen LogP contribution in [0, 0.1) is 11.5 Å². The first-order valence-electron chi connectivity index (χ1n) is 4.23. The molecule has 1 N–H and O–H groups in total. The third-order valence-electron chi connectivity index (χ3n) is 1.41. The predicted molar refractivity (Wildman–Crippen MR) is 61.5 cm³/mol.